The lowest BCUT2D eigenvalue weighted by atomic mass is 10.0. The molecule has 0 spiro atoms. The summed E-state index contributed by atoms with van der Waals surface area (Å²) >= 11 is 0. The van der Waals surface area contributed by atoms with Gasteiger partial charge in [-0.05, 0) is 83.5 Å². The van der Waals surface area contributed by atoms with E-state index in [-0.39, 0.29) is 24.9 Å². The molecule has 3 N–H and O–H groups in total. The summed E-state index contributed by atoms with van der Waals surface area (Å²) in [5.41, 5.74) is 0. The van der Waals surface area contributed by atoms with Crippen LogP contribution < -0.4 is 5.32 Å². The maximum absolute atomic E-state index is 13.2. The van der Waals surface area contributed by atoms with Crippen molar-refractivity contribution in [2.75, 3.05) is 6.61 Å². The lowest BCUT2D eigenvalue weighted by molar-refractivity contribution is -0.151. The summed E-state index contributed by atoms with van der Waals surface area (Å²) in [7, 11) is 0. The summed E-state index contributed by atoms with van der Waals surface area (Å²) in [4.78, 5) is 26.1. The number of nitrogens with one attached hydrogen (secondary N) is 1. The number of esters is 1. The van der Waals surface area contributed by atoms with Gasteiger partial charge in [-0.3, -0.25) is 9.59 Å². The normalized spacial score (nSPS) is 14.2. The summed E-state index contributed by atoms with van der Waals surface area (Å²) in [5, 5.41) is 23.7. The second-order valence-electron chi connectivity index (χ2n) is 17.0. The van der Waals surface area contributed by atoms with E-state index >= 15 is 0 Å². The van der Waals surface area contributed by atoms with E-state index in [2.05, 4.69) is 86.8 Å². The van der Waals surface area contributed by atoms with Gasteiger partial charge in [0.2, 0.25) is 5.91 Å². The Labute approximate surface area is 388 Å². The van der Waals surface area contributed by atoms with Crippen LogP contribution in [0.2, 0.25) is 0 Å². The Kier molecular flexibility index (Phi) is 46.8. The Balaban J connectivity index is 4.74. The zero-order chi connectivity index (χ0) is 45.9. The molecule has 0 aliphatic heterocycles. The second kappa shape index (κ2) is 49.5. The van der Waals surface area contributed by atoms with E-state index in [4.69, 9.17) is 4.74 Å². The number of carbonyl (C=O) groups is 2. The largest absolute Gasteiger partial charge is 0.462 e. The zero-order valence-electron chi connectivity index (χ0n) is 40.7. The Morgan fingerprint density at radius 3 is 1.48 bits per heavy atom. The average Bonchev–Trinajstić information content (AvgIpc) is 3.28. The number of ether oxygens (including phenoxy) is 1. The van der Waals surface area contributed by atoms with E-state index in [1.54, 1.807) is 0 Å². The first-order valence-corrected chi connectivity index (χ1v) is 25.7. The number of hydrogen-bond donors (Lipinski definition) is 3. The number of rotatable bonds is 44. The number of allylic oxidation sites excluding steroid dienone is 18. The minimum absolute atomic E-state index is 0.00893. The van der Waals surface area contributed by atoms with Gasteiger partial charge < -0.3 is 20.3 Å². The van der Waals surface area contributed by atoms with Gasteiger partial charge in [0.15, 0.2) is 0 Å². The fraction of sp³-hybridized carbons (Fsp3) is 0.649. The Hall–Kier alpha value is -3.48. The fourth-order valence-corrected chi connectivity index (χ4v) is 7.09. The third-order valence-corrected chi connectivity index (χ3v) is 11.0. The van der Waals surface area contributed by atoms with Crippen LogP contribution in [0.1, 0.15) is 213 Å². The van der Waals surface area contributed by atoms with Gasteiger partial charge >= 0.3 is 5.97 Å². The van der Waals surface area contributed by atoms with Crippen molar-refractivity contribution >= 4 is 11.9 Å². The Morgan fingerprint density at radius 1 is 0.492 bits per heavy atom. The van der Waals surface area contributed by atoms with Crippen molar-refractivity contribution in [1.82, 2.24) is 5.32 Å². The van der Waals surface area contributed by atoms with Crippen LogP contribution >= 0.6 is 0 Å². The third kappa shape index (κ3) is 44.9. The van der Waals surface area contributed by atoms with Gasteiger partial charge in [-0.1, -0.05) is 226 Å². The third-order valence-electron chi connectivity index (χ3n) is 11.0. The molecule has 0 saturated carbocycles. The van der Waals surface area contributed by atoms with Crippen molar-refractivity contribution in [3.05, 3.63) is 109 Å². The minimum Gasteiger partial charge on any atom is -0.462 e. The monoisotopic (exact) mass is 874 g/mol. The molecule has 358 valence electrons. The maximum atomic E-state index is 13.2. The van der Waals surface area contributed by atoms with Crippen LogP contribution in [-0.4, -0.2) is 46.9 Å². The van der Waals surface area contributed by atoms with Crippen LogP contribution in [0.15, 0.2) is 109 Å². The molecule has 0 aromatic heterocycles. The van der Waals surface area contributed by atoms with Crippen LogP contribution in [0, 0.1) is 0 Å². The van der Waals surface area contributed by atoms with E-state index in [0.717, 1.165) is 83.5 Å². The van der Waals surface area contributed by atoms with E-state index in [1.165, 1.54) is 83.5 Å². The summed E-state index contributed by atoms with van der Waals surface area (Å²) in [5.74, 6) is -0.593. The first kappa shape index (κ1) is 59.5. The molecule has 6 nitrogen and oxygen atoms in total. The molecule has 63 heavy (non-hydrogen) atoms. The van der Waals surface area contributed by atoms with Crippen LogP contribution in [0.4, 0.5) is 0 Å². The lowest BCUT2D eigenvalue weighted by Crippen LogP contribution is -2.46. The summed E-state index contributed by atoms with van der Waals surface area (Å²) in [6.07, 6.45) is 67.2. The Morgan fingerprint density at radius 2 is 0.937 bits per heavy atom. The SMILES string of the molecule is CC/C=C/C=C/C=C\C=C/C=C/CCCC(CC(=O)NC(CO)C(O)CCCCCCCCCCCCCC)OC(=O)CCCCC/C=C\C/C=C\C/C=C\C/C=C\CCCCC. The summed E-state index contributed by atoms with van der Waals surface area (Å²) in [6.45, 7) is 6.27. The molecule has 0 aliphatic rings. The highest BCUT2D eigenvalue weighted by atomic mass is 16.5. The molecular weight excluding hydrogens is 779 g/mol. The molecule has 3 unspecified atom stereocenters. The first-order valence-electron chi connectivity index (χ1n) is 25.7. The molecular formula is C57H95NO5. The average molecular weight is 874 g/mol. The van der Waals surface area contributed by atoms with Gasteiger partial charge in [0, 0.05) is 6.42 Å². The Bertz CT molecular complexity index is 1300. The number of amides is 1. The molecule has 1 amide bonds. The molecule has 0 fully saturated rings. The quantitative estimate of drug-likeness (QED) is 0.0245. The topological polar surface area (TPSA) is 95.9 Å². The number of carbonyl (C=O) groups excluding carboxylic acids is 2. The predicted octanol–water partition coefficient (Wildman–Crippen LogP) is 15.5. The van der Waals surface area contributed by atoms with Gasteiger partial charge in [-0.15, -0.1) is 0 Å². The molecule has 0 aromatic carbocycles. The molecule has 0 bridgehead atoms. The highest BCUT2D eigenvalue weighted by Gasteiger charge is 2.24. The molecule has 6 heteroatoms. The fourth-order valence-electron chi connectivity index (χ4n) is 7.09. The zero-order valence-corrected chi connectivity index (χ0v) is 40.7. The molecule has 0 heterocycles. The van der Waals surface area contributed by atoms with Crippen LogP contribution in [0.25, 0.3) is 0 Å². The molecule has 0 rings (SSSR count). The van der Waals surface area contributed by atoms with Crippen LogP contribution in [0.3, 0.4) is 0 Å². The summed E-state index contributed by atoms with van der Waals surface area (Å²) < 4.78 is 5.88. The van der Waals surface area contributed by atoms with Crippen molar-refractivity contribution in [2.24, 2.45) is 0 Å². The maximum Gasteiger partial charge on any atom is 0.306 e. The van der Waals surface area contributed by atoms with Crippen LogP contribution in [-0.2, 0) is 14.3 Å². The van der Waals surface area contributed by atoms with Gasteiger partial charge in [0.05, 0.1) is 25.2 Å². The van der Waals surface area contributed by atoms with Gasteiger partial charge in [0.1, 0.15) is 6.10 Å². The number of aliphatic hydroxyl groups excluding tert-OH is 2. The smallest absolute Gasteiger partial charge is 0.306 e. The highest BCUT2D eigenvalue weighted by Crippen LogP contribution is 2.16. The first-order chi connectivity index (χ1) is 31.0. The minimum atomic E-state index is -0.818. The predicted molar refractivity (Wildman–Crippen MR) is 273 cm³/mol. The van der Waals surface area contributed by atoms with E-state index < -0.39 is 18.2 Å². The molecule has 3 atom stereocenters. The van der Waals surface area contributed by atoms with Gasteiger partial charge in [-0.2, -0.15) is 0 Å². The van der Waals surface area contributed by atoms with Gasteiger partial charge in [0.25, 0.3) is 0 Å². The molecule has 0 radical (unpaired) electrons. The van der Waals surface area contributed by atoms with Crippen molar-refractivity contribution in [1.29, 1.82) is 0 Å². The van der Waals surface area contributed by atoms with Gasteiger partial charge in [-0.25, -0.2) is 0 Å². The summed E-state index contributed by atoms with van der Waals surface area (Å²) in [6, 6.07) is -0.738. The second-order valence-corrected chi connectivity index (χ2v) is 17.0. The van der Waals surface area contributed by atoms with Crippen molar-refractivity contribution in [2.45, 2.75) is 232 Å². The molecule has 0 saturated heterocycles. The van der Waals surface area contributed by atoms with Crippen molar-refractivity contribution in [3.63, 3.8) is 0 Å². The standard InChI is InChI=1S/C57H95NO5/c1-4-7-10-13-16-19-22-25-26-27-28-29-30-32-35-38-41-44-47-50-57(62)63-53(48-45-42-39-36-33-31-23-20-17-14-11-8-5-2)51-56(61)58-54(52-59)55(60)49-46-43-40-37-34-24-21-18-15-12-9-6-3/h8,11,14,16-17,19-20,23,25-26,28-29,31-33,35-36,39,53-55,59-60H,4-7,9-10,12-13,15,18,21-22,24,27,30,34,37-38,40-52H2,1-3H3,(H,58,61)/b11-8+,17-14+,19-16-,23-20-,26-25-,29-28-,33-31-,35-32-,39-36+. The highest BCUT2D eigenvalue weighted by molar-refractivity contribution is 5.77. The molecule has 0 aromatic rings. The van der Waals surface area contributed by atoms with Crippen molar-refractivity contribution < 1.29 is 24.5 Å². The lowest BCUT2D eigenvalue weighted by Gasteiger charge is -2.24. The van der Waals surface area contributed by atoms with E-state index in [1.807, 2.05) is 48.6 Å². The number of hydrogen-bond acceptors (Lipinski definition) is 5. The number of aliphatic hydroxyl groups is 2. The van der Waals surface area contributed by atoms with Crippen molar-refractivity contribution in [3.8, 4) is 0 Å². The van der Waals surface area contributed by atoms with E-state index in [0.29, 0.717) is 19.3 Å². The number of unbranched alkanes of at least 4 members (excludes halogenated alkanes) is 18. The van der Waals surface area contributed by atoms with Crippen LogP contribution in [0.5, 0.6) is 0 Å². The van der Waals surface area contributed by atoms with E-state index in [9.17, 15) is 19.8 Å². The molecule has 0 aliphatic carbocycles.